The van der Waals surface area contributed by atoms with E-state index in [0.29, 0.717) is 12.0 Å². The van der Waals surface area contributed by atoms with Crippen LogP contribution in [0.15, 0.2) is 59.5 Å². The lowest BCUT2D eigenvalue weighted by molar-refractivity contribution is -0.117. The first-order valence-electron chi connectivity index (χ1n) is 7.41. The first-order valence-corrected chi connectivity index (χ1v) is 8.40. The Morgan fingerprint density at radius 3 is 2.35 bits per heavy atom. The lowest BCUT2D eigenvalue weighted by Gasteiger charge is -2.12. The number of amides is 1. The molecule has 23 heavy (non-hydrogen) atoms. The van der Waals surface area contributed by atoms with Crippen molar-refractivity contribution in [3.63, 3.8) is 0 Å². The Kier molecular flexibility index (Phi) is 6.38. The summed E-state index contributed by atoms with van der Waals surface area (Å²) in [6.07, 6.45) is 0.581. The molecular formula is C18H20N2O2S. The van der Waals surface area contributed by atoms with Crippen LogP contribution in [-0.2, 0) is 4.79 Å². The van der Waals surface area contributed by atoms with Crippen LogP contribution in [0, 0.1) is 0 Å². The van der Waals surface area contributed by atoms with Gasteiger partial charge in [-0.3, -0.25) is 9.59 Å². The Morgan fingerprint density at radius 1 is 1.09 bits per heavy atom. The highest BCUT2D eigenvalue weighted by molar-refractivity contribution is 7.99. The Labute approximate surface area is 140 Å². The highest BCUT2D eigenvalue weighted by Crippen LogP contribution is 2.20. The molecule has 0 heterocycles. The van der Waals surface area contributed by atoms with E-state index >= 15 is 0 Å². The van der Waals surface area contributed by atoms with E-state index < -0.39 is 6.04 Å². The van der Waals surface area contributed by atoms with Crippen molar-refractivity contribution in [3.05, 3.63) is 60.2 Å². The maximum absolute atomic E-state index is 12.0. The molecule has 5 heteroatoms. The van der Waals surface area contributed by atoms with E-state index in [9.17, 15) is 9.59 Å². The standard InChI is InChI=1S/C18H20N2O2S/c1-13(21)14-7-9-16(10-8-14)23-12-11-17(19)18(22)20-15-5-3-2-4-6-15/h2-10,17H,11-12,19H2,1H3,(H,20,22). The summed E-state index contributed by atoms with van der Waals surface area (Å²) in [5, 5.41) is 2.80. The summed E-state index contributed by atoms with van der Waals surface area (Å²) in [6.45, 7) is 1.55. The summed E-state index contributed by atoms with van der Waals surface area (Å²) >= 11 is 1.62. The van der Waals surface area contributed by atoms with Gasteiger partial charge in [0, 0.05) is 16.1 Å². The van der Waals surface area contributed by atoms with Crippen molar-refractivity contribution in [3.8, 4) is 0 Å². The van der Waals surface area contributed by atoms with Crippen LogP contribution < -0.4 is 11.1 Å². The maximum Gasteiger partial charge on any atom is 0.241 e. The highest BCUT2D eigenvalue weighted by atomic mass is 32.2. The second-order valence-electron chi connectivity index (χ2n) is 5.18. The van der Waals surface area contributed by atoms with Gasteiger partial charge in [0.15, 0.2) is 5.78 Å². The van der Waals surface area contributed by atoms with E-state index in [2.05, 4.69) is 5.32 Å². The lowest BCUT2D eigenvalue weighted by atomic mass is 10.2. The van der Waals surface area contributed by atoms with Gasteiger partial charge in [-0.1, -0.05) is 30.3 Å². The number of carbonyl (C=O) groups excluding carboxylic acids is 2. The van der Waals surface area contributed by atoms with Crippen LogP contribution in [0.4, 0.5) is 5.69 Å². The average Bonchev–Trinajstić information content (AvgIpc) is 2.56. The smallest absolute Gasteiger partial charge is 0.241 e. The van der Waals surface area contributed by atoms with Crippen LogP contribution in [0.3, 0.4) is 0 Å². The first kappa shape index (κ1) is 17.2. The third kappa shape index (κ3) is 5.54. The molecule has 3 N–H and O–H groups in total. The van der Waals surface area contributed by atoms with Crippen LogP contribution in [-0.4, -0.2) is 23.5 Å². The molecule has 0 saturated heterocycles. The normalized spacial score (nSPS) is 11.7. The molecule has 2 rings (SSSR count). The molecule has 0 spiro atoms. The van der Waals surface area contributed by atoms with Gasteiger partial charge in [-0.15, -0.1) is 11.8 Å². The monoisotopic (exact) mass is 328 g/mol. The molecule has 4 nitrogen and oxygen atoms in total. The molecule has 2 aromatic rings. The second kappa shape index (κ2) is 8.50. The molecule has 0 radical (unpaired) electrons. The van der Waals surface area contributed by atoms with Crippen molar-refractivity contribution < 1.29 is 9.59 Å². The Morgan fingerprint density at radius 2 is 1.74 bits per heavy atom. The minimum Gasteiger partial charge on any atom is -0.325 e. The van der Waals surface area contributed by atoms with Crippen molar-refractivity contribution >= 4 is 29.1 Å². The first-order chi connectivity index (χ1) is 11.1. The van der Waals surface area contributed by atoms with Gasteiger partial charge in [0.2, 0.25) is 5.91 Å². The van der Waals surface area contributed by atoms with Gasteiger partial charge in [0.25, 0.3) is 0 Å². The van der Waals surface area contributed by atoms with Gasteiger partial charge in [0.1, 0.15) is 0 Å². The summed E-state index contributed by atoms with van der Waals surface area (Å²) in [4.78, 5) is 24.3. The molecule has 0 saturated carbocycles. The fourth-order valence-corrected chi connectivity index (χ4v) is 2.91. The molecule has 0 aliphatic rings. The number of nitrogens with two attached hydrogens (primary N) is 1. The van der Waals surface area contributed by atoms with Crippen LogP contribution in [0.2, 0.25) is 0 Å². The lowest BCUT2D eigenvalue weighted by Crippen LogP contribution is -2.36. The van der Waals surface area contributed by atoms with Gasteiger partial charge < -0.3 is 11.1 Å². The van der Waals surface area contributed by atoms with E-state index in [1.54, 1.807) is 18.7 Å². The number of benzene rings is 2. The number of rotatable bonds is 7. The van der Waals surface area contributed by atoms with Crippen molar-refractivity contribution in [1.29, 1.82) is 0 Å². The van der Waals surface area contributed by atoms with E-state index in [0.717, 1.165) is 16.3 Å². The summed E-state index contributed by atoms with van der Waals surface area (Å²) in [5.41, 5.74) is 7.38. The molecular weight excluding hydrogens is 308 g/mol. The molecule has 0 bridgehead atoms. The Bertz CT molecular complexity index is 656. The average molecular weight is 328 g/mol. The van der Waals surface area contributed by atoms with E-state index in [-0.39, 0.29) is 11.7 Å². The SMILES string of the molecule is CC(=O)c1ccc(SCCC(N)C(=O)Nc2ccccc2)cc1. The minimum absolute atomic E-state index is 0.0566. The number of ketones is 1. The number of para-hydroxylation sites is 1. The molecule has 1 atom stereocenters. The van der Waals surface area contributed by atoms with E-state index in [4.69, 9.17) is 5.73 Å². The number of hydrogen-bond acceptors (Lipinski definition) is 4. The van der Waals surface area contributed by atoms with Crippen LogP contribution >= 0.6 is 11.8 Å². The van der Waals surface area contributed by atoms with Crippen LogP contribution in [0.1, 0.15) is 23.7 Å². The number of Topliss-reactive ketones (excluding diaryl/α,β-unsaturated/α-hetero) is 1. The Hall–Kier alpha value is -2.11. The van der Waals surface area contributed by atoms with Crippen LogP contribution in [0.25, 0.3) is 0 Å². The fraction of sp³-hybridized carbons (Fsp3) is 0.222. The zero-order valence-electron chi connectivity index (χ0n) is 13.0. The molecule has 1 unspecified atom stereocenters. The summed E-state index contributed by atoms with van der Waals surface area (Å²) < 4.78 is 0. The van der Waals surface area contributed by atoms with Crippen molar-refractivity contribution in [2.45, 2.75) is 24.3 Å². The van der Waals surface area contributed by atoms with E-state index in [1.807, 2.05) is 54.6 Å². The summed E-state index contributed by atoms with van der Waals surface area (Å²) in [6, 6.07) is 16.2. The van der Waals surface area contributed by atoms with E-state index in [1.165, 1.54) is 0 Å². The molecule has 2 aromatic carbocycles. The third-order valence-corrected chi connectivity index (χ3v) is 4.38. The third-order valence-electron chi connectivity index (χ3n) is 3.34. The Balaban J connectivity index is 1.76. The van der Waals surface area contributed by atoms with Crippen molar-refractivity contribution in [2.24, 2.45) is 5.73 Å². The zero-order chi connectivity index (χ0) is 16.7. The van der Waals surface area contributed by atoms with Crippen molar-refractivity contribution in [1.82, 2.24) is 0 Å². The number of carbonyl (C=O) groups is 2. The molecule has 120 valence electrons. The van der Waals surface area contributed by atoms with Gasteiger partial charge in [0.05, 0.1) is 6.04 Å². The zero-order valence-corrected chi connectivity index (χ0v) is 13.8. The molecule has 0 aliphatic heterocycles. The molecule has 0 fully saturated rings. The molecule has 0 aliphatic carbocycles. The second-order valence-corrected chi connectivity index (χ2v) is 6.35. The van der Waals surface area contributed by atoms with Gasteiger partial charge in [-0.2, -0.15) is 0 Å². The van der Waals surface area contributed by atoms with Gasteiger partial charge >= 0.3 is 0 Å². The summed E-state index contributed by atoms with van der Waals surface area (Å²) in [5.74, 6) is 0.618. The predicted octanol–water partition coefficient (Wildman–Crippen LogP) is 3.34. The topological polar surface area (TPSA) is 72.2 Å². The molecule has 1 amide bonds. The van der Waals surface area contributed by atoms with Gasteiger partial charge in [-0.25, -0.2) is 0 Å². The van der Waals surface area contributed by atoms with Crippen molar-refractivity contribution in [2.75, 3.05) is 11.1 Å². The quantitative estimate of drug-likeness (QED) is 0.604. The fourth-order valence-electron chi connectivity index (χ4n) is 1.98. The van der Waals surface area contributed by atoms with Crippen LogP contribution in [0.5, 0.6) is 0 Å². The van der Waals surface area contributed by atoms with Gasteiger partial charge in [-0.05, 0) is 43.4 Å². The molecule has 0 aromatic heterocycles. The number of nitrogens with one attached hydrogen (secondary N) is 1. The predicted molar refractivity (Wildman–Crippen MR) is 94.8 cm³/mol. The minimum atomic E-state index is -0.542. The maximum atomic E-state index is 12.0. The largest absolute Gasteiger partial charge is 0.325 e. The number of anilines is 1. The summed E-state index contributed by atoms with van der Waals surface area (Å²) in [7, 11) is 0. The highest BCUT2D eigenvalue weighted by Gasteiger charge is 2.13. The number of thioether (sulfide) groups is 1. The number of hydrogen-bond donors (Lipinski definition) is 2.